The lowest BCUT2D eigenvalue weighted by Gasteiger charge is -2.31. The highest BCUT2D eigenvalue weighted by Crippen LogP contribution is 2.32. The molecule has 0 aliphatic carbocycles. The molecular weight excluding hydrogens is 303 g/mol. The first-order chi connectivity index (χ1) is 10.5. The Balaban J connectivity index is 1.84. The zero-order chi connectivity index (χ0) is 15.7. The molecule has 0 atom stereocenters. The van der Waals surface area contributed by atoms with Crippen molar-refractivity contribution < 1.29 is 9.18 Å². The van der Waals surface area contributed by atoms with Crippen molar-refractivity contribution in [3.8, 4) is 11.3 Å². The zero-order valence-electron chi connectivity index (χ0n) is 12.3. The van der Waals surface area contributed by atoms with Gasteiger partial charge in [-0.3, -0.25) is 4.79 Å². The van der Waals surface area contributed by atoms with Crippen LogP contribution in [0.15, 0.2) is 24.3 Å². The van der Waals surface area contributed by atoms with Crippen molar-refractivity contribution in [3.63, 3.8) is 0 Å². The summed E-state index contributed by atoms with van der Waals surface area (Å²) in [5.41, 5.74) is 6.59. The Bertz CT molecular complexity index is 677. The summed E-state index contributed by atoms with van der Waals surface area (Å²) in [6.07, 6.45) is 0. The molecule has 22 heavy (non-hydrogen) atoms. The van der Waals surface area contributed by atoms with Gasteiger partial charge < -0.3 is 15.5 Å². The number of nitrogens with two attached hydrogens (primary N) is 1. The Hall–Kier alpha value is -1.99. The van der Waals surface area contributed by atoms with E-state index in [0.717, 1.165) is 37.5 Å². The quantitative estimate of drug-likeness (QED) is 0.937. The van der Waals surface area contributed by atoms with Gasteiger partial charge >= 0.3 is 0 Å². The summed E-state index contributed by atoms with van der Waals surface area (Å²) in [4.78, 5) is 19.9. The van der Waals surface area contributed by atoms with Crippen LogP contribution in [0.2, 0.25) is 0 Å². The predicted octanol–water partition coefficient (Wildman–Crippen LogP) is 1.80. The highest BCUT2D eigenvalue weighted by atomic mass is 32.1. The number of thiazole rings is 1. The third-order valence-corrected chi connectivity index (χ3v) is 4.70. The minimum absolute atomic E-state index is 0.305. The lowest BCUT2D eigenvalue weighted by atomic mass is 10.1. The van der Waals surface area contributed by atoms with Gasteiger partial charge in [-0.25, -0.2) is 4.98 Å². The number of halogens is 1. The first-order valence-corrected chi connectivity index (χ1v) is 7.86. The van der Waals surface area contributed by atoms with Crippen LogP contribution in [-0.2, 0) is 0 Å². The number of benzene rings is 1. The SMILES string of the molecule is CN1CCN(c2nc(-c3ccc(C(N)=O)cc3)c(F)s2)CC1. The second kappa shape index (κ2) is 6.02. The normalized spacial score (nSPS) is 16.0. The van der Waals surface area contributed by atoms with Crippen molar-refractivity contribution >= 4 is 22.4 Å². The van der Waals surface area contributed by atoms with Crippen LogP contribution in [0.3, 0.4) is 0 Å². The first kappa shape index (κ1) is 14.9. The van der Waals surface area contributed by atoms with Crippen LogP contribution in [0, 0.1) is 5.13 Å². The Morgan fingerprint density at radius 2 is 1.86 bits per heavy atom. The highest BCUT2D eigenvalue weighted by molar-refractivity contribution is 7.14. The minimum atomic E-state index is -0.497. The molecule has 1 amide bonds. The monoisotopic (exact) mass is 320 g/mol. The number of nitrogens with zero attached hydrogens (tertiary/aromatic N) is 3. The summed E-state index contributed by atoms with van der Waals surface area (Å²) in [6, 6.07) is 6.52. The molecule has 2 heterocycles. The number of aromatic nitrogens is 1. The van der Waals surface area contributed by atoms with Crippen molar-refractivity contribution in [2.45, 2.75) is 0 Å². The maximum atomic E-state index is 14.2. The molecule has 116 valence electrons. The molecule has 1 aliphatic rings. The molecule has 3 rings (SSSR count). The zero-order valence-corrected chi connectivity index (χ0v) is 13.1. The maximum Gasteiger partial charge on any atom is 0.248 e. The van der Waals surface area contributed by atoms with Crippen molar-refractivity contribution in [3.05, 3.63) is 35.0 Å². The van der Waals surface area contributed by atoms with E-state index in [1.807, 2.05) is 0 Å². The van der Waals surface area contributed by atoms with E-state index in [2.05, 4.69) is 21.8 Å². The lowest BCUT2D eigenvalue weighted by Crippen LogP contribution is -2.44. The standard InChI is InChI=1S/C15H17FN4OS/c1-19-6-8-20(9-7-19)15-18-12(13(16)22-15)10-2-4-11(5-3-10)14(17)21/h2-5H,6-9H2,1H3,(H2,17,21). The maximum absolute atomic E-state index is 14.2. The van der Waals surface area contributed by atoms with Crippen molar-refractivity contribution in [1.82, 2.24) is 9.88 Å². The molecule has 2 aromatic rings. The third-order valence-electron chi connectivity index (χ3n) is 3.79. The fraction of sp³-hybridized carbons (Fsp3) is 0.333. The molecule has 7 heteroatoms. The van der Waals surface area contributed by atoms with E-state index in [-0.39, 0.29) is 5.13 Å². The van der Waals surface area contributed by atoms with Gasteiger partial charge in [0.15, 0.2) is 5.13 Å². The van der Waals surface area contributed by atoms with Crippen molar-refractivity contribution in [1.29, 1.82) is 0 Å². The molecule has 5 nitrogen and oxygen atoms in total. The van der Waals surface area contributed by atoms with E-state index in [1.165, 1.54) is 0 Å². The van der Waals surface area contributed by atoms with Gasteiger partial charge in [-0.1, -0.05) is 23.5 Å². The van der Waals surface area contributed by atoms with E-state index in [9.17, 15) is 9.18 Å². The van der Waals surface area contributed by atoms with E-state index in [4.69, 9.17) is 5.73 Å². The summed E-state index contributed by atoms with van der Waals surface area (Å²) in [5.74, 6) is -0.497. The van der Waals surface area contributed by atoms with Crippen LogP contribution in [0.4, 0.5) is 9.52 Å². The van der Waals surface area contributed by atoms with Crippen molar-refractivity contribution in [2.75, 3.05) is 38.1 Å². The number of amides is 1. The van der Waals surface area contributed by atoms with E-state index in [1.54, 1.807) is 24.3 Å². The summed E-state index contributed by atoms with van der Waals surface area (Å²) in [7, 11) is 2.07. The molecular formula is C15H17FN4OS. The van der Waals surface area contributed by atoms with Gasteiger partial charge in [-0.2, -0.15) is 4.39 Å². The summed E-state index contributed by atoms with van der Waals surface area (Å²) in [6.45, 7) is 3.60. The number of likely N-dealkylation sites (N-methyl/N-ethyl adjacent to an activating group) is 1. The molecule has 1 saturated heterocycles. The smallest absolute Gasteiger partial charge is 0.248 e. The number of hydrogen-bond donors (Lipinski definition) is 1. The number of piperazine rings is 1. The summed E-state index contributed by atoms with van der Waals surface area (Å²) < 4.78 is 14.2. The van der Waals surface area contributed by atoms with Crippen LogP contribution in [0.25, 0.3) is 11.3 Å². The molecule has 0 unspecified atom stereocenters. The Morgan fingerprint density at radius 1 is 1.23 bits per heavy atom. The number of anilines is 1. The number of rotatable bonds is 3. The average molecular weight is 320 g/mol. The Labute approximate surface area is 132 Å². The van der Waals surface area contributed by atoms with Gasteiger partial charge in [0.2, 0.25) is 11.0 Å². The van der Waals surface area contributed by atoms with Gasteiger partial charge in [-0.15, -0.1) is 0 Å². The van der Waals surface area contributed by atoms with E-state index in [0.29, 0.717) is 22.0 Å². The second-order valence-electron chi connectivity index (χ2n) is 5.35. The molecule has 1 aromatic carbocycles. The van der Waals surface area contributed by atoms with Gasteiger partial charge in [-0.05, 0) is 19.2 Å². The van der Waals surface area contributed by atoms with E-state index < -0.39 is 5.91 Å². The van der Waals surface area contributed by atoms with E-state index >= 15 is 0 Å². The van der Waals surface area contributed by atoms with Gasteiger partial charge in [0.25, 0.3) is 0 Å². The fourth-order valence-corrected chi connectivity index (χ4v) is 3.26. The minimum Gasteiger partial charge on any atom is -0.366 e. The predicted molar refractivity (Wildman–Crippen MR) is 85.7 cm³/mol. The van der Waals surface area contributed by atoms with Crippen molar-refractivity contribution in [2.24, 2.45) is 5.73 Å². The largest absolute Gasteiger partial charge is 0.366 e. The highest BCUT2D eigenvalue weighted by Gasteiger charge is 2.20. The van der Waals surface area contributed by atoms with Gasteiger partial charge in [0, 0.05) is 37.3 Å². The molecule has 1 fully saturated rings. The van der Waals surface area contributed by atoms with Gasteiger partial charge in [0.1, 0.15) is 5.69 Å². The number of carbonyl (C=O) groups excluding carboxylic acids is 1. The summed E-state index contributed by atoms with van der Waals surface area (Å²) >= 11 is 1.07. The molecule has 0 bridgehead atoms. The molecule has 1 aromatic heterocycles. The second-order valence-corrected chi connectivity index (χ2v) is 6.28. The Kier molecular flexibility index (Phi) is 4.08. The molecule has 2 N–H and O–H groups in total. The third kappa shape index (κ3) is 2.95. The van der Waals surface area contributed by atoms with Crippen LogP contribution in [0.1, 0.15) is 10.4 Å². The molecule has 1 aliphatic heterocycles. The number of primary amides is 1. The molecule has 0 radical (unpaired) electrons. The van der Waals surface area contributed by atoms with Crippen LogP contribution >= 0.6 is 11.3 Å². The lowest BCUT2D eigenvalue weighted by molar-refractivity contribution is 0.100. The fourth-order valence-electron chi connectivity index (χ4n) is 2.39. The topological polar surface area (TPSA) is 62.5 Å². The summed E-state index contributed by atoms with van der Waals surface area (Å²) in [5, 5.41) is 0.403. The van der Waals surface area contributed by atoms with Crippen LogP contribution < -0.4 is 10.6 Å². The molecule has 0 spiro atoms. The average Bonchev–Trinajstić information content (AvgIpc) is 2.90. The van der Waals surface area contributed by atoms with Gasteiger partial charge in [0.05, 0.1) is 0 Å². The molecule has 0 saturated carbocycles. The number of carbonyl (C=O) groups is 1. The number of hydrogen-bond acceptors (Lipinski definition) is 5. The van der Waals surface area contributed by atoms with Crippen LogP contribution in [0.5, 0.6) is 0 Å². The first-order valence-electron chi connectivity index (χ1n) is 7.04. The Morgan fingerprint density at radius 3 is 2.45 bits per heavy atom. The van der Waals surface area contributed by atoms with Crippen LogP contribution in [-0.4, -0.2) is 49.0 Å².